The summed E-state index contributed by atoms with van der Waals surface area (Å²) in [6.45, 7) is 0.869. The van der Waals surface area contributed by atoms with Gasteiger partial charge in [0.05, 0.1) is 24.1 Å². The Hall–Kier alpha value is -4.14. The summed E-state index contributed by atoms with van der Waals surface area (Å²) < 4.78 is 39.6. The summed E-state index contributed by atoms with van der Waals surface area (Å²) in [7, 11) is 0. The first kappa shape index (κ1) is 26.5. The fourth-order valence-electron chi connectivity index (χ4n) is 5.04. The Bertz CT molecular complexity index is 1470. The first-order valence-corrected chi connectivity index (χ1v) is 12.3. The van der Waals surface area contributed by atoms with Crippen molar-refractivity contribution in [3.63, 3.8) is 0 Å². The highest BCUT2D eigenvalue weighted by molar-refractivity contribution is 6.30. The molecule has 0 spiro atoms. The molecule has 2 N–H and O–H groups in total. The quantitative estimate of drug-likeness (QED) is 0.487. The van der Waals surface area contributed by atoms with Gasteiger partial charge in [-0.2, -0.15) is 23.5 Å². The Balaban J connectivity index is 1.61. The number of hydrogen-bond donors (Lipinski definition) is 2. The van der Waals surface area contributed by atoms with Gasteiger partial charge in [-0.25, -0.2) is 15.0 Å². The number of fused-ring (bicyclic) bond motifs is 1. The van der Waals surface area contributed by atoms with Gasteiger partial charge in [-0.05, 0) is 53.9 Å². The van der Waals surface area contributed by atoms with E-state index < -0.39 is 36.5 Å². The number of nitrogens with one attached hydrogen (secondary N) is 1. The highest BCUT2D eigenvalue weighted by Gasteiger charge is 2.52. The number of hydrazine groups is 1. The molecule has 1 amide bonds. The molecular weight excluding hydrogens is 533 g/mol. The maximum Gasteiger partial charge on any atom is 0.433 e. The normalized spacial score (nSPS) is 20.8. The van der Waals surface area contributed by atoms with Crippen LogP contribution >= 0.6 is 11.6 Å². The summed E-state index contributed by atoms with van der Waals surface area (Å²) in [4.78, 5) is 18.0. The number of rotatable bonds is 5. The molecule has 1 saturated heterocycles. The summed E-state index contributed by atoms with van der Waals surface area (Å²) in [5.41, 5.74) is 4.40. The van der Waals surface area contributed by atoms with Gasteiger partial charge in [0, 0.05) is 16.6 Å². The van der Waals surface area contributed by atoms with Crippen molar-refractivity contribution in [3.8, 4) is 6.07 Å². The monoisotopic (exact) mass is 554 g/mol. The molecule has 2 aliphatic heterocycles. The Labute approximate surface area is 226 Å². The van der Waals surface area contributed by atoms with E-state index in [2.05, 4.69) is 21.6 Å². The van der Waals surface area contributed by atoms with Crippen molar-refractivity contribution in [2.75, 3.05) is 6.61 Å². The van der Waals surface area contributed by atoms with Crippen LogP contribution in [0.2, 0.25) is 5.02 Å². The van der Waals surface area contributed by atoms with E-state index in [0.717, 1.165) is 11.6 Å². The number of pyridine rings is 1. The second-order valence-electron chi connectivity index (χ2n) is 9.23. The molecule has 3 atom stereocenters. The van der Waals surface area contributed by atoms with E-state index in [4.69, 9.17) is 11.6 Å². The topological polar surface area (TPSA) is 105 Å². The SMILES string of the molecule is Cc1nc(C(F)(F)F)ccc1CN1C(=O)C(c2ccc(C#N)cc2)C(c2ccc(Cl)cc2)C2NN=C(CO)N21. The summed E-state index contributed by atoms with van der Waals surface area (Å²) in [5, 5.41) is 27.0. The standard InChI is InChI=1S/C27H22ClF3N6O2/c1-15-19(8-11-21(33-15)27(29,30)31)13-36-26(39)24(18-4-2-16(12-32)3-5-18)23(17-6-9-20(28)10-7-17)25-35-34-22(14-38)37(25)36/h2-11,23-25,35,38H,13-14H2,1H3. The lowest BCUT2D eigenvalue weighted by molar-refractivity contribution is -0.159. The maximum atomic E-state index is 14.3. The maximum absolute atomic E-state index is 14.3. The fourth-order valence-corrected chi connectivity index (χ4v) is 5.17. The van der Waals surface area contributed by atoms with Crippen LogP contribution in [0.3, 0.4) is 0 Å². The van der Waals surface area contributed by atoms with Gasteiger partial charge in [-0.3, -0.25) is 10.2 Å². The van der Waals surface area contributed by atoms with Crippen molar-refractivity contribution < 1.29 is 23.1 Å². The molecule has 2 aliphatic rings. The summed E-state index contributed by atoms with van der Waals surface area (Å²) >= 11 is 6.13. The van der Waals surface area contributed by atoms with E-state index in [-0.39, 0.29) is 24.0 Å². The molecule has 12 heteroatoms. The number of aliphatic hydroxyl groups excluding tert-OH is 1. The number of nitrogens with zero attached hydrogens (tertiary/aromatic N) is 5. The minimum atomic E-state index is -4.60. The zero-order valence-corrected chi connectivity index (χ0v) is 21.3. The molecule has 0 bridgehead atoms. The van der Waals surface area contributed by atoms with Crippen LogP contribution in [0.15, 0.2) is 65.8 Å². The van der Waals surface area contributed by atoms with Gasteiger partial charge < -0.3 is 5.11 Å². The van der Waals surface area contributed by atoms with E-state index in [0.29, 0.717) is 21.7 Å². The first-order chi connectivity index (χ1) is 18.6. The summed E-state index contributed by atoms with van der Waals surface area (Å²) in [6, 6.07) is 18.0. The largest absolute Gasteiger partial charge is 0.433 e. The molecule has 3 unspecified atom stereocenters. The van der Waals surface area contributed by atoms with Gasteiger partial charge in [0.1, 0.15) is 18.5 Å². The molecule has 0 aliphatic carbocycles. The van der Waals surface area contributed by atoms with Crippen LogP contribution in [0, 0.1) is 18.3 Å². The molecule has 1 fully saturated rings. The minimum Gasteiger partial charge on any atom is -0.388 e. The number of amidine groups is 1. The number of hydrazone groups is 1. The first-order valence-electron chi connectivity index (χ1n) is 11.9. The van der Waals surface area contributed by atoms with Crippen LogP contribution < -0.4 is 5.43 Å². The van der Waals surface area contributed by atoms with Gasteiger partial charge in [0.15, 0.2) is 5.84 Å². The predicted molar refractivity (Wildman–Crippen MR) is 136 cm³/mol. The number of aliphatic hydroxyl groups is 1. The van der Waals surface area contributed by atoms with Gasteiger partial charge in [0.2, 0.25) is 5.91 Å². The minimum absolute atomic E-state index is 0.104. The van der Waals surface area contributed by atoms with Gasteiger partial charge >= 0.3 is 6.18 Å². The molecule has 200 valence electrons. The lowest BCUT2D eigenvalue weighted by Crippen LogP contribution is -2.63. The number of nitriles is 1. The van der Waals surface area contributed by atoms with E-state index in [9.17, 15) is 28.3 Å². The molecule has 0 radical (unpaired) electrons. The highest BCUT2D eigenvalue weighted by Crippen LogP contribution is 2.45. The van der Waals surface area contributed by atoms with E-state index in [1.807, 2.05) is 12.1 Å². The van der Waals surface area contributed by atoms with Gasteiger partial charge in [-0.1, -0.05) is 41.9 Å². The molecule has 5 rings (SSSR count). The third-order valence-electron chi connectivity index (χ3n) is 6.93. The number of alkyl halides is 3. The smallest absolute Gasteiger partial charge is 0.388 e. The number of halogens is 4. The zero-order valence-electron chi connectivity index (χ0n) is 20.5. The van der Waals surface area contributed by atoms with Crippen molar-refractivity contribution in [1.82, 2.24) is 20.4 Å². The average molecular weight is 555 g/mol. The second kappa shape index (κ2) is 10.2. The molecule has 39 heavy (non-hydrogen) atoms. The lowest BCUT2D eigenvalue weighted by atomic mass is 9.77. The molecule has 8 nitrogen and oxygen atoms in total. The van der Waals surface area contributed by atoms with Gasteiger partial charge in [-0.15, -0.1) is 0 Å². The Kier molecular flexibility index (Phi) is 6.92. The lowest BCUT2D eigenvalue weighted by Gasteiger charge is -2.48. The number of hydrogen-bond acceptors (Lipinski definition) is 7. The number of carbonyl (C=O) groups is 1. The molecule has 0 saturated carbocycles. The fraction of sp³-hybridized carbons (Fsp3) is 0.259. The number of benzene rings is 2. The van der Waals surface area contributed by atoms with Crippen molar-refractivity contribution in [2.24, 2.45) is 5.10 Å². The van der Waals surface area contributed by atoms with E-state index >= 15 is 0 Å². The predicted octanol–water partition coefficient (Wildman–Crippen LogP) is 4.30. The summed E-state index contributed by atoms with van der Waals surface area (Å²) in [5.74, 6) is -1.44. The van der Waals surface area contributed by atoms with Crippen LogP contribution in [0.4, 0.5) is 13.2 Å². The second-order valence-corrected chi connectivity index (χ2v) is 9.66. The van der Waals surface area contributed by atoms with Crippen molar-refractivity contribution in [2.45, 2.75) is 37.6 Å². The molecule has 3 aromatic rings. The van der Waals surface area contributed by atoms with E-state index in [1.165, 1.54) is 18.0 Å². The van der Waals surface area contributed by atoms with Crippen molar-refractivity contribution >= 4 is 23.3 Å². The van der Waals surface area contributed by atoms with Crippen molar-refractivity contribution in [3.05, 3.63) is 99.3 Å². The zero-order chi connectivity index (χ0) is 27.9. The van der Waals surface area contributed by atoms with Crippen molar-refractivity contribution in [1.29, 1.82) is 5.26 Å². The van der Waals surface area contributed by atoms with Crippen LogP contribution in [-0.4, -0.2) is 44.6 Å². The van der Waals surface area contributed by atoms with Gasteiger partial charge in [0.25, 0.3) is 0 Å². The molecule has 1 aromatic heterocycles. The molecular formula is C27H22ClF3N6O2. The number of carbonyl (C=O) groups excluding carboxylic acids is 1. The summed E-state index contributed by atoms with van der Waals surface area (Å²) in [6.07, 6.45) is -5.22. The highest BCUT2D eigenvalue weighted by atomic mass is 35.5. The van der Waals surface area contributed by atoms with Crippen LogP contribution in [0.25, 0.3) is 0 Å². The Morgan fingerprint density at radius 3 is 2.33 bits per heavy atom. The van der Waals surface area contributed by atoms with Crippen LogP contribution in [0.5, 0.6) is 0 Å². The Morgan fingerprint density at radius 1 is 1.08 bits per heavy atom. The number of amides is 1. The molecule has 2 aromatic carbocycles. The number of aryl methyl sites for hydroxylation is 1. The van der Waals surface area contributed by atoms with E-state index in [1.54, 1.807) is 41.4 Å². The average Bonchev–Trinajstić information content (AvgIpc) is 3.34. The number of aromatic nitrogens is 1. The third kappa shape index (κ3) is 4.89. The Morgan fingerprint density at radius 2 is 1.74 bits per heavy atom. The third-order valence-corrected chi connectivity index (χ3v) is 7.19. The van der Waals surface area contributed by atoms with Crippen LogP contribution in [0.1, 0.15) is 45.5 Å². The van der Waals surface area contributed by atoms with Crippen LogP contribution in [-0.2, 0) is 17.5 Å². The molecule has 3 heterocycles.